The van der Waals surface area contributed by atoms with Gasteiger partial charge < -0.3 is 21.7 Å². The Bertz CT molecular complexity index is 851. The second-order valence-corrected chi connectivity index (χ2v) is 5.91. The molecule has 0 saturated carbocycles. The topological polar surface area (TPSA) is 98.3 Å². The van der Waals surface area contributed by atoms with E-state index in [-0.39, 0.29) is 6.17 Å². The van der Waals surface area contributed by atoms with Crippen molar-refractivity contribution in [3.8, 4) is 6.07 Å². The van der Waals surface area contributed by atoms with E-state index in [4.69, 9.17) is 11.0 Å². The Kier molecular flexibility index (Phi) is 4.57. The Labute approximate surface area is 147 Å². The third-order valence-corrected chi connectivity index (χ3v) is 3.89. The van der Waals surface area contributed by atoms with Crippen LogP contribution < -0.4 is 21.7 Å². The number of benzene rings is 2. The summed E-state index contributed by atoms with van der Waals surface area (Å²) in [6, 6.07) is 13.2. The average Bonchev–Trinajstić information content (AvgIpc) is 2.59. The normalized spacial score (nSPS) is 15.7. The van der Waals surface area contributed by atoms with E-state index in [1.807, 2.05) is 50.4 Å². The van der Waals surface area contributed by atoms with Crippen molar-refractivity contribution in [3.63, 3.8) is 0 Å². The molecule has 0 saturated heterocycles. The fourth-order valence-electron chi connectivity index (χ4n) is 2.72. The van der Waals surface area contributed by atoms with E-state index >= 15 is 0 Å². The Morgan fingerprint density at radius 2 is 1.84 bits per heavy atom. The highest BCUT2D eigenvalue weighted by atomic mass is 15.2. The van der Waals surface area contributed by atoms with Crippen LogP contribution in [0.25, 0.3) is 0 Å². The van der Waals surface area contributed by atoms with Crippen LogP contribution in [0, 0.1) is 25.2 Å². The molecule has 0 radical (unpaired) electrons. The number of nitrogens with two attached hydrogens (primary N) is 1. The molecule has 25 heavy (non-hydrogen) atoms. The SMILES string of the molecule is Cc1cc(N)cc(C)c1NC1C=CNC(Nc2ccc(C#N)cc2)=N1. The molecule has 0 spiro atoms. The van der Waals surface area contributed by atoms with Crippen LogP contribution in [0.4, 0.5) is 17.1 Å². The van der Waals surface area contributed by atoms with Gasteiger partial charge in [0, 0.05) is 23.3 Å². The van der Waals surface area contributed by atoms with Crippen LogP contribution in [-0.4, -0.2) is 12.1 Å². The van der Waals surface area contributed by atoms with Crippen molar-refractivity contribution in [1.82, 2.24) is 5.32 Å². The minimum atomic E-state index is -0.192. The number of nitrogens with one attached hydrogen (secondary N) is 3. The molecule has 1 heterocycles. The molecular weight excluding hydrogens is 312 g/mol. The molecule has 1 aliphatic rings. The number of nitrogens with zero attached hydrogens (tertiary/aromatic N) is 2. The Morgan fingerprint density at radius 1 is 1.16 bits per heavy atom. The van der Waals surface area contributed by atoms with Crippen LogP contribution in [0.15, 0.2) is 53.7 Å². The lowest BCUT2D eigenvalue weighted by Gasteiger charge is -2.22. The summed E-state index contributed by atoms with van der Waals surface area (Å²) < 4.78 is 0. The first kappa shape index (κ1) is 16.4. The first-order valence-corrected chi connectivity index (χ1v) is 7.96. The van der Waals surface area contributed by atoms with Gasteiger partial charge in [-0.05, 0) is 67.4 Å². The van der Waals surface area contributed by atoms with Gasteiger partial charge in [0.2, 0.25) is 5.96 Å². The molecule has 2 aromatic carbocycles. The number of hydrogen-bond acceptors (Lipinski definition) is 6. The fraction of sp³-hybridized carbons (Fsp3) is 0.158. The molecule has 0 amide bonds. The van der Waals surface area contributed by atoms with Crippen molar-refractivity contribution in [2.75, 3.05) is 16.4 Å². The number of rotatable bonds is 3. The minimum absolute atomic E-state index is 0.192. The van der Waals surface area contributed by atoms with Crippen molar-refractivity contribution in [1.29, 1.82) is 5.26 Å². The van der Waals surface area contributed by atoms with E-state index in [1.165, 1.54) is 0 Å². The van der Waals surface area contributed by atoms with Crippen LogP contribution in [-0.2, 0) is 0 Å². The summed E-state index contributed by atoms with van der Waals surface area (Å²) in [4.78, 5) is 4.62. The summed E-state index contributed by atoms with van der Waals surface area (Å²) in [6.07, 6.45) is 3.60. The van der Waals surface area contributed by atoms with Crippen molar-refractivity contribution in [3.05, 3.63) is 65.4 Å². The van der Waals surface area contributed by atoms with Gasteiger partial charge in [-0.3, -0.25) is 0 Å². The number of aryl methyl sites for hydroxylation is 2. The second kappa shape index (κ2) is 6.97. The third-order valence-electron chi connectivity index (χ3n) is 3.89. The zero-order valence-corrected chi connectivity index (χ0v) is 14.2. The zero-order chi connectivity index (χ0) is 17.8. The van der Waals surface area contributed by atoms with Gasteiger partial charge >= 0.3 is 0 Å². The molecule has 0 bridgehead atoms. The van der Waals surface area contributed by atoms with Crippen LogP contribution in [0.2, 0.25) is 0 Å². The average molecular weight is 332 g/mol. The molecule has 1 unspecified atom stereocenters. The van der Waals surface area contributed by atoms with E-state index in [9.17, 15) is 0 Å². The second-order valence-electron chi connectivity index (χ2n) is 5.91. The van der Waals surface area contributed by atoms with Crippen LogP contribution in [0.3, 0.4) is 0 Å². The molecular formula is C19H20N6. The van der Waals surface area contributed by atoms with E-state index in [1.54, 1.807) is 12.1 Å². The van der Waals surface area contributed by atoms with Gasteiger partial charge in [0.05, 0.1) is 11.6 Å². The third kappa shape index (κ3) is 3.90. The highest BCUT2D eigenvalue weighted by Gasteiger charge is 2.12. The molecule has 126 valence electrons. The monoisotopic (exact) mass is 332 g/mol. The zero-order valence-electron chi connectivity index (χ0n) is 14.2. The molecule has 1 atom stereocenters. The summed E-state index contributed by atoms with van der Waals surface area (Å²) in [5.41, 5.74) is 11.3. The lowest BCUT2D eigenvalue weighted by atomic mass is 10.1. The summed E-state index contributed by atoms with van der Waals surface area (Å²) in [7, 11) is 0. The van der Waals surface area contributed by atoms with E-state index < -0.39 is 0 Å². The van der Waals surface area contributed by atoms with Gasteiger partial charge in [-0.15, -0.1) is 0 Å². The van der Waals surface area contributed by atoms with E-state index in [0.717, 1.165) is 28.2 Å². The fourth-order valence-corrected chi connectivity index (χ4v) is 2.72. The Hall–Kier alpha value is -3.46. The molecule has 0 aliphatic carbocycles. The minimum Gasteiger partial charge on any atom is -0.399 e. The van der Waals surface area contributed by atoms with Gasteiger partial charge in [0.1, 0.15) is 6.17 Å². The molecule has 0 aromatic heterocycles. The van der Waals surface area contributed by atoms with Gasteiger partial charge in [-0.1, -0.05) is 0 Å². The first-order chi connectivity index (χ1) is 12.0. The maximum atomic E-state index is 8.85. The lowest BCUT2D eigenvalue weighted by Crippen LogP contribution is -2.33. The Balaban J connectivity index is 1.74. The number of anilines is 3. The van der Waals surface area contributed by atoms with Crippen molar-refractivity contribution in [2.24, 2.45) is 4.99 Å². The number of hydrogen-bond donors (Lipinski definition) is 4. The summed E-state index contributed by atoms with van der Waals surface area (Å²) in [6.45, 7) is 4.05. The number of guanidine groups is 1. The summed E-state index contributed by atoms with van der Waals surface area (Å²) >= 11 is 0. The quantitative estimate of drug-likeness (QED) is 0.648. The maximum absolute atomic E-state index is 8.85. The van der Waals surface area contributed by atoms with Crippen LogP contribution in [0.5, 0.6) is 0 Å². The van der Waals surface area contributed by atoms with Gasteiger partial charge in [-0.25, -0.2) is 4.99 Å². The first-order valence-electron chi connectivity index (χ1n) is 7.96. The van der Waals surface area contributed by atoms with Crippen LogP contribution >= 0.6 is 0 Å². The molecule has 6 nitrogen and oxygen atoms in total. The number of nitrogen functional groups attached to an aromatic ring is 1. The highest BCUT2D eigenvalue weighted by molar-refractivity contribution is 5.95. The highest BCUT2D eigenvalue weighted by Crippen LogP contribution is 2.24. The van der Waals surface area contributed by atoms with Gasteiger partial charge in [-0.2, -0.15) is 5.26 Å². The summed E-state index contributed by atoms with van der Waals surface area (Å²) in [5, 5.41) is 18.6. The maximum Gasteiger partial charge on any atom is 0.202 e. The Morgan fingerprint density at radius 3 is 2.48 bits per heavy atom. The molecule has 6 heteroatoms. The van der Waals surface area contributed by atoms with Gasteiger partial charge in [0.15, 0.2) is 0 Å². The number of aliphatic imine (C=N–C) groups is 1. The number of nitriles is 1. The van der Waals surface area contributed by atoms with Crippen LogP contribution in [0.1, 0.15) is 16.7 Å². The predicted molar refractivity (Wildman–Crippen MR) is 102 cm³/mol. The van der Waals surface area contributed by atoms with Crippen molar-refractivity contribution in [2.45, 2.75) is 20.0 Å². The molecule has 1 aliphatic heterocycles. The standard InChI is InChI=1S/C19H20N6/c1-12-9-15(21)10-13(2)18(12)24-17-7-8-22-19(25-17)23-16-5-3-14(11-20)4-6-16/h3-10,17,24H,21H2,1-2H3,(H2,22,23,25). The van der Waals surface area contributed by atoms with Crippen molar-refractivity contribution < 1.29 is 0 Å². The predicted octanol–water partition coefficient (Wildman–Crippen LogP) is 3.08. The molecule has 3 rings (SSSR count). The lowest BCUT2D eigenvalue weighted by molar-refractivity contribution is 0.893. The van der Waals surface area contributed by atoms with Crippen molar-refractivity contribution >= 4 is 23.0 Å². The van der Waals surface area contributed by atoms with E-state index in [0.29, 0.717) is 11.5 Å². The van der Waals surface area contributed by atoms with Gasteiger partial charge in [0.25, 0.3) is 0 Å². The molecule has 0 fully saturated rings. The smallest absolute Gasteiger partial charge is 0.202 e. The molecule has 5 N–H and O–H groups in total. The van der Waals surface area contributed by atoms with E-state index in [2.05, 4.69) is 27.0 Å². The molecule has 2 aromatic rings. The largest absolute Gasteiger partial charge is 0.399 e. The summed E-state index contributed by atoms with van der Waals surface area (Å²) in [5.74, 6) is 0.635.